The second-order valence-electron chi connectivity index (χ2n) is 7.76. The summed E-state index contributed by atoms with van der Waals surface area (Å²) in [7, 11) is 1.27. The molecule has 2 N–H and O–H groups in total. The zero-order valence-electron chi connectivity index (χ0n) is 17.5. The standard InChI is InChI=1S/C24H27FN2O4/c1-31-22(28)15-21(16-10-12-19(25)13-11-16)27-24(30)18-8-5-9-20(14-18)26-23(29)17-6-3-2-4-7-17/h5,8-14,17,21H,2-4,6-7,15H2,1H3,(H,26,29)(H,27,30). The van der Waals surface area contributed by atoms with Crippen LogP contribution >= 0.6 is 0 Å². The molecular weight excluding hydrogens is 399 g/mol. The van der Waals surface area contributed by atoms with E-state index in [-0.39, 0.29) is 18.2 Å². The fourth-order valence-electron chi connectivity index (χ4n) is 3.79. The molecule has 6 nitrogen and oxygen atoms in total. The minimum Gasteiger partial charge on any atom is -0.469 e. The summed E-state index contributed by atoms with van der Waals surface area (Å²) in [5.74, 6) is -1.33. The van der Waals surface area contributed by atoms with E-state index in [9.17, 15) is 18.8 Å². The molecule has 0 aliphatic heterocycles. The lowest BCUT2D eigenvalue weighted by Gasteiger charge is -2.21. The van der Waals surface area contributed by atoms with Gasteiger partial charge < -0.3 is 15.4 Å². The second-order valence-corrected chi connectivity index (χ2v) is 7.76. The molecule has 164 valence electrons. The van der Waals surface area contributed by atoms with Crippen molar-refractivity contribution in [1.82, 2.24) is 5.32 Å². The van der Waals surface area contributed by atoms with Crippen LogP contribution in [-0.4, -0.2) is 24.9 Å². The number of amides is 2. The fraction of sp³-hybridized carbons (Fsp3) is 0.375. The summed E-state index contributed by atoms with van der Waals surface area (Å²) in [5, 5.41) is 5.71. The molecule has 1 aliphatic carbocycles. The quantitative estimate of drug-likeness (QED) is 0.644. The summed E-state index contributed by atoms with van der Waals surface area (Å²) in [5.41, 5.74) is 1.48. The molecule has 0 spiro atoms. The first-order chi connectivity index (χ1) is 15.0. The van der Waals surface area contributed by atoms with Gasteiger partial charge in [-0.25, -0.2) is 4.39 Å². The van der Waals surface area contributed by atoms with Crippen LogP contribution in [0.2, 0.25) is 0 Å². The van der Waals surface area contributed by atoms with Crippen molar-refractivity contribution < 1.29 is 23.5 Å². The Hall–Kier alpha value is -3.22. The Balaban J connectivity index is 1.71. The first-order valence-electron chi connectivity index (χ1n) is 10.5. The summed E-state index contributed by atoms with van der Waals surface area (Å²) in [6, 6.07) is 11.6. The Morgan fingerprint density at radius 1 is 1.06 bits per heavy atom. The van der Waals surface area contributed by atoms with Gasteiger partial charge in [-0.3, -0.25) is 14.4 Å². The van der Waals surface area contributed by atoms with Crippen molar-refractivity contribution in [3.63, 3.8) is 0 Å². The summed E-state index contributed by atoms with van der Waals surface area (Å²) in [6.45, 7) is 0. The number of benzene rings is 2. The number of methoxy groups -OCH3 is 1. The third-order valence-corrected chi connectivity index (χ3v) is 5.54. The van der Waals surface area contributed by atoms with Crippen molar-refractivity contribution in [3.05, 3.63) is 65.5 Å². The molecule has 0 heterocycles. The zero-order chi connectivity index (χ0) is 22.2. The number of halogens is 1. The topological polar surface area (TPSA) is 84.5 Å². The van der Waals surface area contributed by atoms with Crippen LogP contribution in [0.15, 0.2) is 48.5 Å². The molecule has 1 saturated carbocycles. The smallest absolute Gasteiger partial charge is 0.307 e. The summed E-state index contributed by atoms with van der Waals surface area (Å²) in [6.07, 6.45) is 4.97. The first-order valence-corrected chi connectivity index (χ1v) is 10.5. The van der Waals surface area contributed by atoms with Gasteiger partial charge in [0, 0.05) is 17.2 Å². The van der Waals surface area contributed by atoms with E-state index in [0.717, 1.165) is 25.7 Å². The van der Waals surface area contributed by atoms with Gasteiger partial charge >= 0.3 is 5.97 Å². The molecule has 1 fully saturated rings. The minimum absolute atomic E-state index is 0.00847. The van der Waals surface area contributed by atoms with E-state index in [1.165, 1.54) is 37.8 Å². The summed E-state index contributed by atoms with van der Waals surface area (Å²) in [4.78, 5) is 37.2. The number of esters is 1. The Morgan fingerprint density at radius 3 is 2.45 bits per heavy atom. The largest absolute Gasteiger partial charge is 0.469 e. The number of ether oxygens (including phenoxy) is 1. The van der Waals surface area contributed by atoms with E-state index < -0.39 is 23.7 Å². The number of hydrogen-bond donors (Lipinski definition) is 2. The van der Waals surface area contributed by atoms with Gasteiger partial charge in [0.15, 0.2) is 0 Å². The molecule has 7 heteroatoms. The highest BCUT2D eigenvalue weighted by Gasteiger charge is 2.22. The van der Waals surface area contributed by atoms with E-state index in [2.05, 4.69) is 10.6 Å². The molecular formula is C24H27FN2O4. The number of anilines is 1. The third kappa shape index (κ3) is 6.38. The lowest BCUT2D eigenvalue weighted by molar-refractivity contribution is -0.141. The van der Waals surface area contributed by atoms with Crippen molar-refractivity contribution in [1.29, 1.82) is 0 Å². The second kappa shape index (κ2) is 10.7. The van der Waals surface area contributed by atoms with E-state index in [1.807, 2.05) is 0 Å². The average molecular weight is 426 g/mol. The monoisotopic (exact) mass is 426 g/mol. The zero-order valence-corrected chi connectivity index (χ0v) is 17.5. The van der Waals surface area contributed by atoms with Crippen molar-refractivity contribution in [2.24, 2.45) is 5.92 Å². The van der Waals surface area contributed by atoms with E-state index in [0.29, 0.717) is 16.8 Å². The number of nitrogens with one attached hydrogen (secondary N) is 2. The number of hydrogen-bond acceptors (Lipinski definition) is 4. The predicted molar refractivity (Wildman–Crippen MR) is 115 cm³/mol. The van der Waals surface area contributed by atoms with Crippen molar-refractivity contribution in [2.45, 2.75) is 44.6 Å². The maximum atomic E-state index is 13.3. The summed E-state index contributed by atoms with van der Waals surface area (Å²) >= 11 is 0. The van der Waals surface area contributed by atoms with Gasteiger partial charge in [0.2, 0.25) is 5.91 Å². The van der Waals surface area contributed by atoms with Crippen LogP contribution in [0, 0.1) is 11.7 Å². The average Bonchev–Trinajstić information content (AvgIpc) is 2.79. The van der Waals surface area contributed by atoms with Crippen LogP contribution in [0.25, 0.3) is 0 Å². The molecule has 2 amide bonds. The first kappa shape index (κ1) is 22.5. The predicted octanol–water partition coefficient (Wildman–Crippen LogP) is 4.38. The van der Waals surface area contributed by atoms with Gasteiger partial charge in [-0.15, -0.1) is 0 Å². The third-order valence-electron chi connectivity index (χ3n) is 5.54. The van der Waals surface area contributed by atoms with Gasteiger partial charge in [-0.05, 0) is 48.7 Å². The van der Waals surface area contributed by atoms with Gasteiger partial charge in [0.1, 0.15) is 5.82 Å². The van der Waals surface area contributed by atoms with E-state index in [1.54, 1.807) is 24.3 Å². The van der Waals surface area contributed by atoms with Crippen LogP contribution in [0.5, 0.6) is 0 Å². The Labute approximate surface area is 181 Å². The molecule has 1 aliphatic rings. The molecule has 0 bridgehead atoms. The van der Waals surface area contributed by atoms with Gasteiger partial charge in [0.25, 0.3) is 5.91 Å². The Bertz CT molecular complexity index is 923. The Morgan fingerprint density at radius 2 is 1.77 bits per heavy atom. The summed E-state index contributed by atoms with van der Waals surface area (Å²) < 4.78 is 18.0. The number of carbonyl (C=O) groups is 3. The lowest BCUT2D eigenvalue weighted by Crippen LogP contribution is -2.30. The minimum atomic E-state index is -0.680. The maximum Gasteiger partial charge on any atom is 0.307 e. The van der Waals surface area contributed by atoms with Crippen LogP contribution in [0.1, 0.15) is 60.5 Å². The van der Waals surface area contributed by atoms with Crippen LogP contribution in [0.3, 0.4) is 0 Å². The van der Waals surface area contributed by atoms with Crippen LogP contribution in [0.4, 0.5) is 10.1 Å². The molecule has 1 unspecified atom stereocenters. The highest BCUT2D eigenvalue weighted by atomic mass is 19.1. The van der Waals surface area contributed by atoms with Crippen LogP contribution < -0.4 is 10.6 Å². The number of carbonyl (C=O) groups excluding carboxylic acids is 3. The highest BCUT2D eigenvalue weighted by molar-refractivity contribution is 5.98. The molecule has 31 heavy (non-hydrogen) atoms. The fourth-order valence-corrected chi connectivity index (χ4v) is 3.79. The van der Waals surface area contributed by atoms with Crippen molar-refractivity contribution in [2.75, 3.05) is 12.4 Å². The molecule has 1 atom stereocenters. The molecule has 2 aromatic rings. The van der Waals surface area contributed by atoms with Gasteiger partial charge in [0.05, 0.1) is 19.6 Å². The van der Waals surface area contributed by atoms with Gasteiger partial charge in [-0.1, -0.05) is 37.5 Å². The maximum absolute atomic E-state index is 13.3. The van der Waals surface area contributed by atoms with E-state index >= 15 is 0 Å². The van der Waals surface area contributed by atoms with Crippen molar-refractivity contribution in [3.8, 4) is 0 Å². The van der Waals surface area contributed by atoms with Crippen molar-refractivity contribution >= 4 is 23.5 Å². The Kier molecular flexibility index (Phi) is 7.76. The molecule has 3 rings (SSSR count). The SMILES string of the molecule is COC(=O)CC(NC(=O)c1cccc(NC(=O)C2CCCCC2)c1)c1ccc(F)cc1. The lowest BCUT2D eigenvalue weighted by atomic mass is 9.88. The number of rotatable bonds is 7. The molecule has 2 aromatic carbocycles. The molecule has 0 aromatic heterocycles. The normalized spacial score (nSPS) is 15.0. The van der Waals surface area contributed by atoms with E-state index in [4.69, 9.17) is 4.74 Å². The molecule has 0 radical (unpaired) electrons. The van der Waals surface area contributed by atoms with Crippen LogP contribution in [-0.2, 0) is 14.3 Å². The van der Waals surface area contributed by atoms with Gasteiger partial charge in [-0.2, -0.15) is 0 Å². The molecule has 0 saturated heterocycles. The highest BCUT2D eigenvalue weighted by Crippen LogP contribution is 2.25.